The van der Waals surface area contributed by atoms with Crippen LogP contribution in [0.5, 0.6) is 0 Å². The molecule has 3 atom stereocenters. The highest BCUT2D eigenvalue weighted by Crippen LogP contribution is 2.23. The zero-order chi connectivity index (χ0) is 16.9. The van der Waals surface area contributed by atoms with Crippen molar-refractivity contribution in [3.05, 3.63) is 35.4 Å². The van der Waals surface area contributed by atoms with Crippen molar-refractivity contribution in [2.75, 3.05) is 13.1 Å². The summed E-state index contributed by atoms with van der Waals surface area (Å²) in [7, 11) is 0. The third kappa shape index (κ3) is 4.56. The number of hydrogen-bond donors (Lipinski definition) is 3. The average Bonchev–Trinajstić information content (AvgIpc) is 3.09. The lowest BCUT2D eigenvalue weighted by Gasteiger charge is -2.30. The van der Waals surface area contributed by atoms with Gasteiger partial charge in [0.15, 0.2) is 0 Å². The Morgan fingerprint density at radius 3 is 2.50 bits per heavy atom. The molecular weight excluding hydrogens is 302 g/mol. The molecule has 1 saturated heterocycles. The molecule has 1 saturated carbocycles. The van der Waals surface area contributed by atoms with Crippen LogP contribution in [0.15, 0.2) is 24.3 Å². The summed E-state index contributed by atoms with van der Waals surface area (Å²) in [6.45, 7) is 3.98. The van der Waals surface area contributed by atoms with Gasteiger partial charge in [0.1, 0.15) is 0 Å². The lowest BCUT2D eigenvalue weighted by molar-refractivity contribution is -0.127. The van der Waals surface area contributed by atoms with Crippen LogP contribution in [0.4, 0.5) is 0 Å². The van der Waals surface area contributed by atoms with Gasteiger partial charge in [-0.15, -0.1) is 0 Å². The molecule has 1 aliphatic heterocycles. The number of nitrogens with one attached hydrogen (secondary N) is 1. The van der Waals surface area contributed by atoms with E-state index in [2.05, 4.69) is 34.5 Å². The Morgan fingerprint density at radius 1 is 1.17 bits per heavy atom. The molecule has 0 radical (unpaired) electrons. The number of carbonyl (C=O) groups is 1. The van der Waals surface area contributed by atoms with Crippen molar-refractivity contribution in [2.45, 2.75) is 57.3 Å². The van der Waals surface area contributed by atoms with E-state index in [0.29, 0.717) is 19.4 Å². The fraction of sp³-hybridized carbons (Fsp3) is 0.632. The molecule has 24 heavy (non-hydrogen) atoms. The number of carbonyl (C=O) groups excluding carboxylic acids is 1. The van der Waals surface area contributed by atoms with Crippen LogP contribution in [0, 0.1) is 5.92 Å². The molecule has 5 heteroatoms. The molecule has 132 valence electrons. The number of likely N-dealkylation sites (tertiary alicyclic amines) is 1. The Balaban J connectivity index is 1.45. The third-order valence-corrected chi connectivity index (χ3v) is 5.33. The summed E-state index contributed by atoms with van der Waals surface area (Å²) in [4.78, 5) is 14.7. The largest absolute Gasteiger partial charge is 0.392 e. The first-order valence-corrected chi connectivity index (χ1v) is 9.13. The molecule has 2 fully saturated rings. The molecule has 0 aromatic heterocycles. The second-order valence-electron chi connectivity index (χ2n) is 7.26. The highest BCUT2D eigenvalue weighted by molar-refractivity contribution is 5.78. The Bertz CT molecular complexity index is 540. The zero-order valence-corrected chi connectivity index (χ0v) is 14.3. The van der Waals surface area contributed by atoms with Gasteiger partial charge < -0.3 is 16.2 Å². The van der Waals surface area contributed by atoms with Gasteiger partial charge in [-0.25, -0.2) is 0 Å². The van der Waals surface area contributed by atoms with Crippen LogP contribution in [0.2, 0.25) is 0 Å². The quantitative estimate of drug-likeness (QED) is 0.762. The van der Waals surface area contributed by atoms with Gasteiger partial charge in [-0.3, -0.25) is 9.69 Å². The maximum atomic E-state index is 12.3. The van der Waals surface area contributed by atoms with Crippen LogP contribution in [-0.2, 0) is 17.9 Å². The normalized spacial score (nSPS) is 28.0. The minimum atomic E-state index is -0.461. The van der Waals surface area contributed by atoms with E-state index >= 15 is 0 Å². The van der Waals surface area contributed by atoms with Gasteiger partial charge in [0.2, 0.25) is 5.91 Å². The van der Waals surface area contributed by atoms with E-state index in [1.165, 1.54) is 31.5 Å². The minimum absolute atomic E-state index is 0.0542. The first-order valence-electron chi connectivity index (χ1n) is 9.13. The molecule has 2 aliphatic rings. The number of hydrogen-bond acceptors (Lipinski definition) is 4. The fourth-order valence-electron chi connectivity index (χ4n) is 3.72. The maximum Gasteiger partial charge on any atom is 0.223 e. The first kappa shape index (κ1) is 17.4. The van der Waals surface area contributed by atoms with Crippen LogP contribution >= 0.6 is 0 Å². The molecule has 0 bridgehead atoms. The molecule has 1 aliphatic carbocycles. The molecule has 1 amide bonds. The predicted octanol–water partition coefficient (Wildman–Crippen LogP) is 1.39. The van der Waals surface area contributed by atoms with Crippen molar-refractivity contribution < 1.29 is 9.90 Å². The van der Waals surface area contributed by atoms with Crippen molar-refractivity contribution in [3.63, 3.8) is 0 Å². The maximum absolute atomic E-state index is 12.3. The summed E-state index contributed by atoms with van der Waals surface area (Å²) in [5.74, 6) is -0.0173. The first-order chi connectivity index (χ1) is 11.6. The summed E-state index contributed by atoms with van der Waals surface area (Å²) in [6, 6.07) is 8.24. The summed E-state index contributed by atoms with van der Waals surface area (Å²) < 4.78 is 0. The van der Waals surface area contributed by atoms with E-state index in [-0.39, 0.29) is 17.9 Å². The van der Waals surface area contributed by atoms with Crippen LogP contribution < -0.4 is 11.1 Å². The number of amides is 1. The summed E-state index contributed by atoms with van der Waals surface area (Å²) >= 11 is 0. The van der Waals surface area contributed by atoms with Crippen LogP contribution in [0.25, 0.3) is 0 Å². The number of nitrogens with zero attached hydrogens (tertiary/aromatic N) is 1. The molecule has 1 heterocycles. The lowest BCUT2D eigenvalue weighted by Crippen LogP contribution is -2.44. The number of aliphatic hydroxyl groups is 1. The molecule has 5 nitrogen and oxygen atoms in total. The van der Waals surface area contributed by atoms with E-state index in [9.17, 15) is 9.90 Å². The summed E-state index contributed by atoms with van der Waals surface area (Å²) in [5, 5.41) is 12.7. The molecule has 4 N–H and O–H groups in total. The zero-order valence-electron chi connectivity index (χ0n) is 14.3. The van der Waals surface area contributed by atoms with Gasteiger partial charge in [-0.2, -0.15) is 0 Å². The number of benzene rings is 1. The fourth-order valence-corrected chi connectivity index (χ4v) is 3.72. The van der Waals surface area contributed by atoms with Gasteiger partial charge in [-0.1, -0.05) is 24.3 Å². The van der Waals surface area contributed by atoms with E-state index in [0.717, 1.165) is 18.5 Å². The van der Waals surface area contributed by atoms with Crippen LogP contribution in [0.3, 0.4) is 0 Å². The summed E-state index contributed by atoms with van der Waals surface area (Å²) in [6.07, 6.45) is 4.07. The second-order valence-corrected chi connectivity index (χ2v) is 7.26. The topological polar surface area (TPSA) is 78.6 Å². The number of rotatable bonds is 5. The number of aliphatic hydroxyl groups excluding tert-OH is 1. The average molecular weight is 331 g/mol. The van der Waals surface area contributed by atoms with Crippen molar-refractivity contribution >= 4 is 5.91 Å². The van der Waals surface area contributed by atoms with Gasteiger partial charge in [-0.05, 0) is 56.3 Å². The smallest absolute Gasteiger partial charge is 0.223 e. The Morgan fingerprint density at radius 2 is 1.83 bits per heavy atom. The van der Waals surface area contributed by atoms with Crippen molar-refractivity contribution in [1.29, 1.82) is 0 Å². The van der Waals surface area contributed by atoms with E-state index in [1.807, 2.05) is 0 Å². The molecule has 0 spiro atoms. The predicted molar refractivity (Wildman–Crippen MR) is 94.1 cm³/mol. The molecule has 1 aromatic carbocycles. The van der Waals surface area contributed by atoms with Crippen LogP contribution in [-0.4, -0.2) is 41.1 Å². The molecule has 1 aromatic rings. The molecule has 0 unspecified atom stereocenters. The van der Waals surface area contributed by atoms with Crippen LogP contribution in [0.1, 0.15) is 43.2 Å². The monoisotopic (exact) mass is 331 g/mol. The highest BCUT2D eigenvalue weighted by Gasteiger charge is 2.30. The van der Waals surface area contributed by atoms with Gasteiger partial charge in [0, 0.05) is 25.0 Å². The minimum Gasteiger partial charge on any atom is -0.392 e. The Hall–Kier alpha value is -1.43. The van der Waals surface area contributed by atoms with E-state index in [4.69, 9.17) is 5.73 Å². The lowest BCUT2D eigenvalue weighted by atomic mass is 9.83. The van der Waals surface area contributed by atoms with Gasteiger partial charge in [0.05, 0.1) is 6.10 Å². The molecule has 3 rings (SSSR count). The van der Waals surface area contributed by atoms with E-state index in [1.54, 1.807) is 0 Å². The van der Waals surface area contributed by atoms with Crippen molar-refractivity contribution in [2.24, 2.45) is 11.7 Å². The van der Waals surface area contributed by atoms with Crippen molar-refractivity contribution in [1.82, 2.24) is 10.2 Å². The third-order valence-electron chi connectivity index (χ3n) is 5.33. The highest BCUT2D eigenvalue weighted by atomic mass is 16.3. The van der Waals surface area contributed by atoms with Gasteiger partial charge in [0.25, 0.3) is 0 Å². The van der Waals surface area contributed by atoms with Crippen molar-refractivity contribution in [3.8, 4) is 0 Å². The number of nitrogens with two attached hydrogens (primary N) is 1. The standard InChI is InChI=1S/C19H29N3O2/c20-17-11-16(7-8-18(17)23)19(24)21-12-14-3-5-15(6-4-14)13-22-9-1-2-10-22/h3-6,16-18,23H,1-2,7-13,20H2,(H,21,24)/t16-,17+,18+/m0/s1. The molecular formula is C19H29N3O2. The summed E-state index contributed by atoms with van der Waals surface area (Å²) in [5.41, 5.74) is 8.32. The van der Waals surface area contributed by atoms with E-state index < -0.39 is 6.10 Å². The van der Waals surface area contributed by atoms with Gasteiger partial charge >= 0.3 is 0 Å². The Kier molecular flexibility index (Phi) is 5.87. The Labute approximate surface area is 144 Å². The second kappa shape index (κ2) is 8.10. The SMILES string of the molecule is N[C@@H]1C[C@@H](C(=O)NCc2ccc(CN3CCCC3)cc2)CC[C@H]1O.